The van der Waals surface area contributed by atoms with Gasteiger partial charge in [0.1, 0.15) is 0 Å². The summed E-state index contributed by atoms with van der Waals surface area (Å²) in [7, 11) is 0. The second kappa shape index (κ2) is 6.80. The highest BCUT2D eigenvalue weighted by molar-refractivity contribution is 9.10. The number of benzene rings is 1. The summed E-state index contributed by atoms with van der Waals surface area (Å²) in [5.74, 6) is 0.828. The third-order valence-electron chi connectivity index (χ3n) is 6.42. The van der Waals surface area contributed by atoms with Crippen LogP contribution < -0.4 is 10.6 Å². The van der Waals surface area contributed by atoms with Crippen molar-refractivity contribution >= 4 is 21.8 Å². The van der Waals surface area contributed by atoms with E-state index < -0.39 is 0 Å². The number of fused-ring (bicyclic) bond motifs is 2. The molecule has 2 N–H and O–H groups in total. The zero-order chi connectivity index (χ0) is 16.6. The SMILES string of the molecule is O=C(CC1CC2CCC(C1)N2)NCC1(c2cccc(Br)c2)CCC1. The largest absolute Gasteiger partial charge is 0.355 e. The van der Waals surface area contributed by atoms with E-state index in [4.69, 9.17) is 0 Å². The first-order valence-electron chi connectivity index (χ1n) is 9.42. The Labute approximate surface area is 153 Å². The van der Waals surface area contributed by atoms with E-state index in [-0.39, 0.29) is 11.3 Å². The minimum Gasteiger partial charge on any atom is -0.355 e. The Bertz CT molecular complexity index is 601. The van der Waals surface area contributed by atoms with Gasteiger partial charge in [0, 0.05) is 34.9 Å². The number of amides is 1. The van der Waals surface area contributed by atoms with E-state index in [0.29, 0.717) is 24.4 Å². The molecule has 2 bridgehead atoms. The van der Waals surface area contributed by atoms with Gasteiger partial charge >= 0.3 is 0 Å². The molecule has 0 spiro atoms. The predicted molar refractivity (Wildman–Crippen MR) is 100.0 cm³/mol. The van der Waals surface area contributed by atoms with Crippen molar-refractivity contribution in [2.75, 3.05) is 6.54 Å². The average molecular weight is 391 g/mol. The fraction of sp³-hybridized carbons (Fsp3) is 0.650. The van der Waals surface area contributed by atoms with E-state index in [2.05, 4.69) is 50.8 Å². The smallest absolute Gasteiger partial charge is 0.220 e. The summed E-state index contributed by atoms with van der Waals surface area (Å²) in [4.78, 5) is 12.5. The summed E-state index contributed by atoms with van der Waals surface area (Å²) < 4.78 is 1.13. The van der Waals surface area contributed by atoms with Gasteiger partial charge in [0.05, 0.1) is 0 Å². The van der Waals surface area contributed by atoms with Crippen LogP contribution in [0.2, 0.25) is 0 Å². The third-order valence-corrected chi connectivity index (χ3v) is 6.91. The second-order valence-electron chi connectivity index (χ2n) is 8.10. The fourth-order valence-corrected chi connectivity index (χ4v) is 5.33. The van der Waals surface area contributed by atoms with Crippen LogP contribution in [0, 0.1) is 5.92 Å². The van der Waals surface area contributed by atoms with Crippen LogP contribution in [-0.4, -0.2) is 24.5 Å². The molecule has 0 aromatic heterocycles. The monoisotopic (exact) mass is 390 g/mol. The lowest BCUT2D eigenvalue weighted by Gasteiger charge is -2.43. The van der Waals surface area contributed by atoms with Crippen molar-refractivity contribution in [3.05, 3.63) is 34.3 Å². The van der Waals surface area contributed by atoms with Crippen molar-refractivity contribution < 1.29 is 4.79 Å². The number of nitrogens with one attached hydrogen (secondary N) is 2. The maximum Gasteiger partial charge on any atom is 0.220 e. The third kappa shape index (κ3) is 3.41. The number of rotatable bonds is 5. The standard InChI is InChI=1S/C20H27BrN2O/c21-16-4-1-3-15(12-16)20(7-2-8-20)13-22-19(24)11-14-9-17-5-6-18(10-14)23-17/h1,3-4,12,14,17-18,23H,2,5-11,13H2,(H,22,24). The molecular formula is C20H27BrN2O. The number of hydrogen-bond donors (Lipinski definition) is 2. The van der Waals surface area contributed by atoms with Gasteiger partial charge in [0.15, 0.2) is 0 Å². The summed E-state index contributed by atoms with van der Waals surface area (Å²) in [6.45, 7) is 0.792. The van der Waals surface area contributed by atoms with Crippen LogP contribution in [0.4, 0.5) is 0 Å². The van der Waals surface area contributed by atoms with Crippen molar-refractivity contribution in [3.8, 4) is 0 Å². The summed E-state index contributed by atoms with van der Waals surface area (Å²) >= 11 is 3.58. The number of halogens is 1. The molecule has 1 saturated carbocycles. The van der Waals surface area contributed by atoms with Gasteiger partial charge in [0.25, 0.3) is 0 Å². The molecule has 1 aliphatic carbocycles. The zero-order valence-corrected chi connectivity index (χ0v) is 15.8. The lowest BCUT2D eigenvalue weighted by atomic mass is 9.64. The van der Waals surface area contributed by atoms with Crippen molar-refractivity contribution in [3.63, 3.8) is 0 Å². The van der Waals surface area contributed by atoms with Crippen molar-refractivity contribution in [1.82, 2.24) is 10.6 Å². The van der Waals surface area contributed by atoms with E-state index in [1.54, 1.807) is 0 Å². The summed E-state index contributed by atoms with van der Waals surface area (Å²) in [6.07, 6.45) is 9.30. The van der Waals surface area contributed by atoms with Crippen LogP contribution in [-0.2, 0) is 10.2 Å². The minimum atomic E-state index is 0.159. The van der Waals surface area contributed by atoms with E-state index >= 15 is 0 Å². The zero-order valence-electron chi connectivity index (χ0n) is 14.2. The van der Waals surface area contributed by atoms with Gasteiger partial charge in [0.2, 0.25) is 5.91 Å². The highest BCUT2D eigenvalue weighted by Crippen LogP contribution is 2.44. The van der Waals surface area contributed by atoms with Gasteiger partial charge in [-0.1, -0.05) is 34.5 Å². The quantitative estimate of drug-likeness (QED) is 0.799. The first-order chi connectivity index (χ1) is 11.6. The van der Waals surface area contributed by atoms with E-state index in [0.717, 1.165) is 11.0 Å². The highest BCUT2D eigenvalue weighted by Gasteiger charge is 2.39. The number of carbonyl (C=O) groups excluding carboxylic acids is 1. The lowest BCUT2D eigenvalue weighted by Crippen LogP contribution is -2.46. The van der Waals surface area contributed by atoms with Crippen LogP contribution in [0.3, 0.4) is 0 Å². The van der Waals surface area contributed by atoms with Gasteiger partial charge in [-0.05, 0) is 62.1 Å². The summed E-state index contributed by atoms with van der Waals surface area (Å²) in [5, 5.41) is 6.92. The van der Waals surface area contributed by atoms with Gasteiger partial charge in [-0.25, -0.2) is 0 Å². The first kappa shape index (κ1) is 16.6. The van der Waals surface area contributed by atoms with E-state index in [9.17, 15) is 4.79 Å². The van der Waals surface area contributed by atoms with Gasteiger partial charge in [-0.3, -0.25) is 4.79 Å². The Balaban J connectivity index is 1.33. The van der Waals surface area contributed by atoms with E-state index in [1.807, 2.05) is 0 Å². The molecule has 130 valence electrons. The van der Waals surface area contributed by atoms with Crippen molar-refractivity contribution in [1.29, 1.82) is 0 Å². The Morgan fingerprint density at radius 3 is 2.62 bits per heavy atom. The second-order valence-corrected chi connectivity index (χ2v) is 9.02. The Morgan fingerprint density at radius 1 is 1.25 bits per heavy atom. The molecule has 2 unspecified atom stereocenters. The van der Waals surface area contributed by atoms with Crippen molar-refractivity contribution in [2.45, 2.75) is 68.9 Å². The normalized spacial score (nSPS) is 30.6. The first-order valence-corrected chi connectivity index (χ1v) is 10.2. The van der Waals surface area contributed by atoms with Crippen LogP contribution in [0.25, 0.3) is 0 Å². The van der Waals surface area contributed by atoms with Crippen LogP contribution in [0.15, 0.2) is 28.7 Å². The Hall–Kier alpha value is -0.870. The molecule has 0 radical (unpaired) electrons. The molecule has 2 saturated heterocycles. The molecule has 1 amide bonds. The van der Waals surface area contributed by atoms with Crippen LogP contribution >= 0.6 is 15.9 Å². The maximum absolute atomic E-state index is 12.5. The number of hydrogen-bond acceptors (Lipinski definition) is 2. The minimum absolute atomic E-state index is 0.159. The Morgan fingerprint density at radius 2 is 2.00 bits per heavy atom. The van der Waals surface area contributed by atoms with Crippen LogP contribution in [0.1, 0.15) is 56.9 Å². The summed E-state index contributed by atoms with van der Waals surface area (Å²) in [6, 6.07) is 9.94. The lowest BCUT2D eigenvalue weighted by molar-refractivity contribution is -0.122. The molecular weight excluding hydrogens is 364 g/mol. The molecule has 3 nitrogen and oxygen atoms in total. The summed E-state index contributed by atoms with van der Waals surface area (Å²) in [5.41, 5.74) is 1.52. The number of carbonyl (C=O) groups is 1. The topological polar surface area (TPSA) is 41.1 Å². The number of piperidine rings is 1. The van der Waals surface area contributed by atoms with Gasteiger partial charge in [-0.2, -0.15) is 0 Å². The highest BCUT2D eigenvalue weighted by atomic mass is 79.9. The molecule has 1 aromatic carbocycles. The van der Waals surface area contributed by atoms with Gasteiger partial charge < -0.3 is 10.6 Å². The maximum atomic E-state index is 12.5. The molecule has 2 heterocycles. The van der Waals surface area contributed by atoms with E-state index in [1.165, 1.54) is 50.5 Å². The molecule has 3 fully saturated rings. The molecule has 1 aromatic rings. The van der Waals surface area contributed by atoms with Crippen LogP contribution in [0.5, 0.6) is 0 Å². The molecule has 2 atom stereocenters. The molecule has 2 aliphatic heterocycles. The van der Waals surface area contributed by atoms with Crippen molar-refractivity contribution in [2.24, 2.45) is 5.92 Å². The fourth-order valence-electron chi connectivity index (χ4n) is 4.93. The molecule has 4 rings (SSSR count). The Kier molecular flexibility index (Phi) is 4.70. The predicted octanol–water partition coefficient (Wildman–Crippen LogP) is 3.91. The molecule has 24 heavy (non-hydrogen) atoms. The molecule has 4 heteroatoms. The molecule has 3 aliphatic rings. The average Bonchev–Trinajstić information content (AvgIpc) is 2.85. The van der Waals surface area contributed by atoms with Gasteiger partial charge in [-0.15, -0.1) is 0 Å².